The maximum absolute atomic E-state index is 14.6. The number of benzene rings is 4. The van der Waals surface area contributed by atoms with Crippen LogP contribution < -0.4 is 9.64 Å². The molecular weight excluding hydrogens is 532 g/mol. The van der Waals surface area contributed by atoms with Gasteiger partial charge in [-0.3, -0.25) is 14.6 Å². The van der Waals surface area contributed by atoms with Crippen LogP contribution in [0.4, 0.5) is 5.69 Å². The molecule has 5 heteroatoms. The molecule has 0 fully saturated rings. The van der Waals surface area contributed by atoms with Gasteiger partial charge in [0.1, 0.15) is 17.8 Å². The largest absolute Gasteiger partial charge is 0.489 e. The van der Waals surface area contributed by atoms with Crippen molar-refractivity contribution in [1.29, 1.82) is 0 Å². The molecule has 0 radical (unpaired) electrons. The van der Waals surface area contributed by atoms with Crippen molar-refractivity contribution >= 4 is 17.3 Å². The lowest BCUT2D eigenvalue weighted by atomic mass is 9.71. The molecule has 2 atom stereocenters. The number of Topliss-reactive ketones (excluding diaryl/α,β-unsaturated/α-hetero) is 2. The number of aromatic nitrogens is 1. The number of carbonyl (C=O) groups excluding carboxylic acids is 2. The summed E-state index contributed by atoms with van der Waals surface area (Å²) in [5, 5.41) is 0. The van der Waals surface area contributed by atoms with Crippen LogP contribution in [0.1, 0.15) is 61.4 Å². The molecule has 1 aliphatic heterocycles. The first-order valence-electron chi connectivity index (χ1n) is 14.8. The zero-order valence-electron chi connectivity index (χ0n) is 24.1. The SMILES string of the molecule is CC1CN(Cc2ccccc2)c2cc(C3(Cc4ccncc4)C(=O)c4ccc(OCc5ccccc5)cc4C3=O)ccc21. The first-order chi connectivity index (χ1) is 21.0. The van der Waals surface area contributed by atoms with Crippen molar-refractivity contribution in [1.82, 2.24) is 4.98 Å². The van der Waals surface area contributed by atoms with Crippen LogP contribution in [0.5, 0.6) is 5.75 Å². The molecule has 1 aromatic heterocycles. The van der Waals surface area contributed by atoms with Crippen molar-refractivity contribution in [2.75, 3.05) is 11.4 Å². The van der Waals surface area contributed by atoms with Gasteiger partial charge in [0, 0.05) is 48.2 Å². The third kappa shape index (κ3) is 4.81. The summed E-state index contributed by atoms with van der Waals surface area (Å²) in [6.45, 7) is 4.26. The number of rotatable bonds is 8. The topological polar surface area (TPSA) is 59.5 Å². The van der Waals surface area contributed by atoms with Crippen LogP contribution in [0.15, 0.2) is 122 Å². The predicted molar refractivity (Wildman–Crippen MR) is 168 cm³/mol. The average Bonchev–Trinajstić information content (AvgIpc) is 3.47. The summed E-state index contributed by atoms with van der Waals surface area (Å²) >= 11 is 0. The Morgan fingerprint density at radius 1 is 0.767 bits per heavy atom. The molecule has 0 spiro atoms. The molecule has 5 nitrogen and oxygen atoms in total. The van der Waals surface area contributed by atoms with E-state index in [0.717, 1.165) is 35.5 Å². The van der Waals surface area contributed by atoms with E-state index in [9.17, 15) is 9.59 Å². The number of ketones is 2. The van der Waals surface area contributed by atoms with E-state index in [1.54, 1.807) is 30.6 Å². The van der Waals surface area contributed by atoms with E-state index in [-0.39, 0.29) is 18.0 Å². The van der Waals surface area contributed by atoms with Gasteiger partial charge in [-0.25, -0.2) is 0 Å². The standard InChI is InChI=1S/C38H32N2O3/c1-26-23-40(24-28-8-4-2-5-9-28)35-20-30(12-14-32(26)35)38(22-27-16-18-39-19-17-27)36(41)33-15-13-31(21-34(33)37(38)42)43-25-29-10-6-3-7-11-29/h2-21,26H,22-25H2,1H3. The number of hydrogen-bond donors (Lipinski definition) is 0. The smallest absolute Gasteiger partial charge is 0.182 e. The van der Waals surface area contributed by atoms with Gasteiger partial charge in [-0.15, -0.1) is 0 Å². The van der Waals surface area contributed by atoms with Crippen LogP contribution in [-0.4, -0.2) is 23.1 Å². The van der Waals surface area contributed by atoms with Crippen molar-refractivity contribution in [3.63, 3.8) is 0 Å². The highest BCUT2D eigenvalue weighted by atomic mass is 16.5. The van der Waals surface area contributed by atoms with E-state index >= 15 is 0 Å². The number of anilines is 1. The summed E-state index contributed by atoms with van der Waals surface area (Å²) < 4.78 is 6.06. The lowest BCUT2D eigenvalue weighted by molar-refractivity contribution is 0.0793. The maximum Gasteiger partial charge on any atom is 0.182 e. The molecule has 43 heavy (non-hydrogen) atoms. The van der Waals surface area contributed by atoms with Crippen LogP contribution in [-0.2, 0) is 25.0 Å². The van der Waals surface area contributed by atoms with E-state index in [4.69, 9.17) is 4.74 Å². The molecule has 0 saturated carbocycles. The number of carbonyl (C=O) groups is 2. The molecule has 0 saturated heterocycles. The number of pyridine rings is 1. The Balaban J connectivity index is 1.29. The molecule has 1 aliphatic carbocycles. The summed E-state index contributed by atoms with van der Waals surface area (Å²) in [6, 6.07) is 35.6. The Kier molecular flexibility index (Phi) is 6.86. The van der Waals surface area contributed by atoms with E-state index in [0.29, 0.717) is 29.4 Å². The van der Waals surface area contributed by atoms with E-state index < -0.39 is 5.41 Å². The van der Waals surface area contributed by atoms with Crippen LogP contribution in [0.2, 0.25) is 0 Å². The van der Waals surface area contributed by atoms with Crippen molar-refractivity contribution in [2.45, 2.75) is 37.8 Å². The monoisotopic (exact) mass is 564 g/mol. The Labute approximate surface area is 251 Å². The summed E-state index contributed by atoms with van der Waals surface area (Å²) in [5.74, 6) is 0.565. The Morgan fingerprint density at radius 2 is 1.47 bits per heavy atom. The van der Waals surface area contributed by atoms with Crippen molar-refractivity contribution in [2.24, 2.45) is 0 Å². The Morgan fingerprint density at radius 3 is 2.21 bits per heavy atom. The minimum absolute atomic E-state index is 0.167. The molecular formula is C38H32N2O3. The minimum atomic E-state index is -1.37. The Hall–Kier alpha value is -5.03. The second-order valence-corrected chi connectivity index (χ2v) is 11.6. The van der Waals surface area contributed by atoms with Crippen LogP contribution in [0, 0.1) is 0 Å². The third-order valence-electron chi connectivity index (χ3n) is 8.83. The molecule has 4 aromatic carbocycles. The fourth-order valence-corrected chi connectivity index (χ4v) is 6.61. The van der Waals surface area contributed by atoms with Gasteiger partial charge in [-0.05, 0) is 70.6 Å². The van der Waals surface area contributed by atoms with Gasteiger partial charge >= 0.3 is 0 Å². The second-order valence-electron chi connectivity index (χ2n) is 11.6. The summed E-state index contributed by atoms with van der Waals surface area (Å²) in [7, 11) is 0. The quantitative estimate of drug-likeness (QED) is 0.185. The normalized spacial score (nSPS) is 18.9. The fraction of sp³-hybridized carbons (Fsp3) is 0.184. The first-order valence-corrected chi connectivity index (χ1v) is 14.8. The second kappa shape index (κ2) is 11.0. The lowest BCUT2D eigenvalue weighted by Gasteiger charge is -2.28. The Bertz CT molecular complexity index is 1800. The molecule has 2 unspecified atom stereocenters. The molecule has 2 heterocycles. The van der Waals surface area contributed by atoms with Gasteiger partial charge < -0.3 is 9.64 Å². The highest BCUT2D eigenvalue weighted by molar-refractivity contribution is 6.33. The fourth-order valence-electron chi connectivity index (χ4n) is 6.61. The summed E-state index contributed by atoms with van der Waals surface area (Å²) in [6.07, 6.45) is 3.68. The molecule has 5 aromatic rings. The van der Waals surface area contributed by atoms with Crippen molar-refractivity contribution in [3.8, 4) is 5.75 Å². The van der Waals surface area contributed by atoms with Gasteiger partial charge in [-0.1, -0.05) is 79.7 Å². The van der Waals surface area contributed by atoms with Crippen molar-refractivity contribution in [3.05, 3.63) is 161 Å². The molecule has 212 valence electrons. The predicted octanol–water partition coefficient (Wildman–Crippen LogP) is 7.34. The maximum atomic E-state index is 14.6. The van der Waals surface area contributed by atoms with E-state index in [1.807, 2.05) is 54.6 Å². The third-order valence-corrected chi connectivity index (χ3v) is 8.83. The molecule has 0 bridgehead atoms. The van der Waals surface area contributed by atoms with Gasteiger partial charge in [-0.2, -0.15) is 0 Å². The number of hydrogen-bond acceptors (Lipinski definition) is 5. The van der Waals surface area contributed by atoms with Crippen LogP contribution in [0.25, 0.3) is 0 Å². The van der Waals surface area contributed by atoms with E-state index in [2.05, 4.69) is 53.2 Å². The lowest BCUT2D eigenvalue weighted by Crippen LogP contribution is -2.41. The zero-order valence-corrected chi connectivity index (χ0v) is 24.1. The number of ether oxygens (including phenoxy) is 1. The highest BCUT2D eigenvalue weighted by Gasteiger charge is 2.54. The molecule has 7 rings (SSSR count). The molecule has 0 amide bonds. The summed E-state index contributed by atoms with van der Waals surface area (Å²) in [5.41, 5.74) is 5.69. The molecule has 2 aliphatic rings. The zero-order chi connectivity index (χ0) is 29.4. The van der Waals surface area contributed by atoms with Crippen molar-refractivity contribution < 1.29 is 14.3 Å². The van der Waals surface area contributed by atoms with Gasteiger partial charge in [0.2, 0.25) is 0 Å². The van der Waals surface area contributed by atoms with Gasteiger partial charge in [0.25, 0.3) is 0 Å². The number of nitrogens with zero attached hydrogens (tertiary/aromatic N) is 2. The number of fused-ring (bicyclic) bond motifs is 2. The first kappa shape index (κ1) is 26.8. The van der Waals surface area contributed by atoms with Crippen LogP contribution >= 0.6 is 0 Å². The summed E-state index contributed by atoms with van der Waals surface area (Å²) in [4.78, 5) is 35.6. The average molecular weight is 565 g/mol. The van der Waals surface area contributed by atoms with Gasteiger partial charge in [0.15, 0.2) is 11.6 Å². The van der Waals surface area contributed by atoms with E-state index in [1.165, 1.54) is 11.1 Å². The highest BCUT2D eigenvalue weighted by Crippen LogP contribution is 2.46. The molecule has 0 N–H and O–H groups in total. The minimum Gasteiger partial charge on any atom is -0.489 e. The van der Waals surface area contributed by atoms with Crippen LogP contribution in [0.3, 0.4) is 0 Å². The van der Waals surface area contributed by atoms with Gasteiger partial charge in [0.05, 0.1) is 0 Å².